The second-order valence-corrected chi connectivity index (χ2v) is 8.63. The second kappa shape index (κ2) is 9.70. The molecule has 0 radical (unpaired) electrons. The van der Waals surface area contributed by atoms with E-state index in [1.165, 1.54) is 22.2 Å². The van der Waals surface area contributed by atoms with Crippen molar-refractivity contribution in [3.05, 3.63) is 57.7 Å². The van der Waals surface area contributed by atoms with Gasteiger partial charge in [0, 0.05) is 11.8 Å². The molecule has 7 heteroatoms. The topological polar surface area (TPSA) is 50.9 Å². The summed E-state index contributed by atoms with van der Waals surface area (Å²) in [4.78, 5) is 19.3. The lowest BCUT2D eigenvalue weighted by Crippen LogP contribution is -3.28. The summed E-state index contributed by atoms with van der Waals surface area (Å²) in [6, 6.07) is 10.5. The molecule has 1 aliphatic rings. The number of piperazine rings is 1. The zero-order valence-electron chi connectivity index (χ0n) is 16.4. The van der Waals surface area contributed by atoms with Crippen LogP contribution in [0.25, 0.3) is 0 Å². The van der Waals surface area contributed by atoms with Gasteiger partial charge >= 0.3 is 0 Å². The van der Waals surface area contributed by atoms with Gasteiger partial charge in [-0.3, -0.25) is 4.79 Å². The number of anilines is 1. The van der Waals surface area contributed by atoms with E-state index in [4.69, 9.17) is 23.2 Å². The van der Waals surface area contributed by atoms with E-state index in [0.29, 0.717) is 28.3 Å². The Morgan fingerprint density at radius 2 is 1.75 bits per heavy atom. The number of carbonyl (C=O) groups excluding carboxylic acids is 1. The van der Waals surface area contributed by atoms with Crippen molar-refractivity contribution in [2.45, 2.75) is 26.3 Å². The normalized spacial score (nSPS) is 19.6. The molecule has 0 saturated carbocycles. The van der Waals surface area contributed by atoms with E-state index >= 15 is 0 Å². The Kier molecular flexibility index (Phi) is 7.30. The van der Waals surface area contributed by atoms with Gasteiger partial charge in [0.25, 0.3) is 5.91 Å². The molecule has 0 spiro atoms. The Morgan fingerprint density at radius 3 is 2.36 bits per heavy atom. The van der Waals surface area contributed by atoms with E-state index in [2.05, 4.69) is 48.4 Å². The largest absolute Gasteiger partial charge is 0.322 e. The van der Waals surface area contributed by atoms with Crippen molar-refractivity contribution in [2.75, 3.05) is 38.0 Å². The molecule has 1 saturated heterocycles. The van der Waals surface area contributed by atoms with Crippen molar-refractivity contribution in [2.24, 2.45) is 0 Å². The van der Waals surface area contributed by atoms with Crippen LogP contribution in [0.15, 0.2) is 36.5 Å². The van der Waals surface area contributed by atoms with Gasteiger partial charge in [-0.1, -0.05) is 61.3 Å². The number of nitrogens with one attached hydrogen (secondary N) is 3. The summed E-state index contributed by atoms with van der Waals surface area (Å²) >= 11 is 11.9. The average molecular weight is 423 g/mol. The molecule has 2 aromatic rings. The number of rotatable bonds is 6. The van der Waals surface area contributed by atoms with Crippen LogP contribution in [0, 0.1) is 0 Å². The number of quaternary nitrogens is 2. The van der Waals surface area contributed by atoms with Crippen LogP contribution in [-0.4, -0.2) is 43.6 Å². The SMILES string of the molecule is CC(C)c1ccc(C[NH+]2CC[NH+](CC(=O)Nc3ncc(Cl)cc3Cl)CC2)cc1. The van der Waals surface area contributed by atoms with Crippen molar-refractivity contribution < 1.29 is 14.6 Å². The van der Waals surface area contributed by atoms with Crippen molar-refractivity contribution in [3.8, 4) is 0 Å². The standard InChI is InChI=1S/C21H26Cl2N4O/c1-15(2)17-5-3-16(4-6-17)13-26-7-9-27(10-8-26)14-20(28)25-21-19(23)11-18(22)12-24-21/h3-6,11-12,15H,7-10,13-14H2,1-2H3,(H,24,25,28)/p+2. The van der Waals surface area contributed by atoms with Gasteiger partial charge in [-0.2, -0.15) is 0 Å². The summed E-state index contributed by atoms with van der Waals surface area (Å²) < 4.78 is 0. The van der Waals surface area contributed by atoms with E-state index in [0.717, 1.165) is 32.7 Å². The molecule has 28 heavy (non-hydrogen) atoms. The van der Waals surface area contributed by atoms with Crippen LogP contribution in [0.1, 0.15) is 30.9 Å². The Morgan fingerprint density at radius 1 is 1.11 bits per heavy atom. The third kappa shape index (κ3) is 5.92. The molecular formula is C21H28Cl2N4O+2. The van der Waals surface area contributed by atoms with Crippen LogP contribution in [0.4, 0.5) is 5.82 Å². The first-order chi connectivity index (χ1) is 13.4. The number of carbonyl (C=O) groups is 1. The fraction of sp³-hybridized carbons (Fsp3) is 0.429. The predicted octanol–water partition coefficient (Wildman–Crippen LogP) is 1.43. The van der Waals surface area contributed by atoms with Crippen LogP contribution in [0.2, 0.25) is 10.0 Å². The number of hydrogen-bond donors (Lipinski definition) is 3. The monoisotopic (exact) mass is 422 g/mol. The number of aromatic nitrogens is 1. The van der Waals surface area contributed by atoms with Gasteiger partial charge in [0.2, 0.25) is 0 Å². The van der Waals surface area contributed by atoms with Gasteiger partial charge in [0.05, 0.1) is 10.0 Å². The number of benzene rings is 1. The van der Waals surface area contributed by atoms with Gasteiger partial charge in [0.1, 0.15) is 32.7 Å². The van der Waals surface area contributed by atoms with Crippen molar-refractivity contribution >= 4 is 34.9 Å². The van der Waals surface area contributed by atoms with E-state index < -0.39 is 0 Å². The van der Waals surface area contributed by atoms with Crippen molar-refractivity contribution in [3.63, 3.8) is 0 Å². The molecular weight excluding hydrogens is 395 g/mol. The average Bonchev–Trinajstić information content (AvgIpc) is 2.66. The zero-order chi connectivity index (χ0) is 20.1. The molecule has 0 aliphatic carbocycles. The fourth-order valence-electron chi connectivity index (χ4n) is 3.53. The maximum absolute atomic E-state index is 12.3. The third-order valence-electron chi connectivity index (χ3n) is 5.24. The number of halogens is 2. The first kappa shape index (κ1) is 21.1. The van der Waals surface area contributed by atoms with Crippen LogP contribution < -0.4 is 15.1 Å². The zero-order valence-corrected chi connectivity index (χ0v) is 17.9. The molecule has 2 heterocycles. The highest BCUT2D eigenvalue weighted by Crippen LogP contribution is 2.22. The van der Waals surface area contributed by atoms with E-state index in [-0.39, 0.29) is 5.91 Å². The third-order valence-corrected chi connectivity index (χ3v) is 5.74. The maximum Gasteiger partial charge on any atom is 0.280 e. The summed E-state index contributed by atoms with van der Waals surface area (Å²) in [5, 5.41) is 3.59. The molecule has 1 aromatic heterocycles. The van der Waals surface area contributed by atoms with Gasteiger partial charge in [0.15, 0.2) is 12.4 Å². The van der Waals surface area contributed by atoms with Crippen LogP contribution in [-0.2, 0) is 11.3 Å². The van der Waals surface area contributed by atoms with Crippen molar-refractivity contribution in [1.29, 1.82) is 0 Å². The summed E-state index contributed by atoms with van der Waals surface area (Å²) in [5.41, 5.74) is 2.76. The highest BCUT2D eigenvalue weighted by atomic mass is 35.5. The molecule has 150 valence electrons. The second-order valence-electron chi connectivity index (χ2n) is 7.78. The summed E-state index contributed by atoms with van der Waals surface area (Å²) in [5.74, 6) is 0.863. The van der Waals surface area contributed by atoms with Gasteiger partial charge in [-0.05, 0) is 17.5 Å². The Hall–Kier alpha value is -1.66. The molecule has 3 rings (SSSR count). The van der Waals surface area contributed by atoms with Crippen LogP contribution >= 0.6 is 23.2 Å². The minimum absolute atomic E-state index is 0.0700. The molecule has 3 N–H and O–H groups in total. The number of nitrogens with zero attached hydrogens (tertiary/aromatic N) is 1. The molecule has 1 aromatic carbocycles. The first-order valence-electron chi connectivity index (χ1n) is 9.77. The Labute approximate surface area is 176 Å². The van der Waals surface area contributed by atoms with Crippen LogP contribution in [0.3, 0.4) is 0 Å². The van der Waals surface area contributed by atoms with Crippen LogP contribution in [0.5, 0.6) is 0 Å². The molecule has 0 atom stereocenters. The Balaban J connectivity index is 1.44. The minimum atomic E-state index is -0.0700. The van der Waals surface area contributed by atoms with E-state index in [9.17, 15) is 4.79 Å². The Bertz CT molecular complexity index is 803. The molecule has 1 amide bonds. The summed E-state index contributed by atoms with van der Waals surface area (Å²) in [6.07, 6.45) is 1.48. The highest BCUT2D eigenvalue weighted by molar-refractivity contribution is 6.36. The maximum atomic E-state index is 12.3. The lowest BCUT2D eigenvalue weighted by molar-refractivity contribution is -1.02. The van der Waals surface area contributed by atoms with Crippen molar-refractivity contribution in [1.82, 2.24) is 4.98 Å². The number of amides is 1. The lowest BCUT2D eigenvalue weighted by atomic mass is 10.0. The quantitative estimate of drug-likeness (QED) is 0.659. The summed E-state index contributed by atoms with van der Waals surface area (Å²) in [6.45, 7) is 10.00. The van der Waals surface area contributed by atoms with Gasteiger partial charge in [-0.25, -0.2) is 4.98 Å². The first-order valence-corrected chi connectivity index (χ1v) is 10.5. The van der Waals surface area contributed by atoms with E-state index in [1.54, 1.807) is 11.0 Å². The fourth-order valence-corrected chi connectivity index (χ4v) is 3.96. The summed E-state index contributed by atoms with van der Waals surface area (Å²) in [7, 11) is 0. The lowest BCUT2D eigenvalue weighted by Gasteiger charge is -2.29. The van der Waals surface area contributed by atoms with E-state index in [1.807, 2.05) is 0 Å². The van der Waals surface area contributed by atoms with Gasteiger partial charge in [-0.15, -0.1) is 0 Å². The molecule has 1 aliphatic heterocycles. The minimum Gasteiger partial charge on any atom is -0.322 e. The molecule has 1 fully saturated rings. The highest BCUT2D eigenvalue weighted by Gasteiger charge is 2.25. The number of hydrogen-bond acceptors (Lipinski definition) is 2. The molecule has 0 unspecified atom stereocenters. The predicted molar refractivity (Wildman–Crippen MR) is 113 cm³/mol. The molecule has 0 bridgehead atoms. The van der Waals surface area contributed by atoms with Gasteiger partial charge < -0.3 is 15.1 Å². The smallest absolute Gasteiger partial charge is 0.280 e. The molecule has 5 nitrogen and oxygen atoms in total. The number of pyridine rings is 1.